The fraction of sp³-hybridized carbons (Fsp3) is 0.375. The zero-order valence-electron chi connectivity index (χ0n) is 18.9. The highest BCUT2D eigenvalue weighted by molar-refractivity contribution is 7.99. The van der Waals surface area contributed by atoms with Gasteiger partial charge in [0.2, 0.25) is 5.89 Å². The van der Waals surface area contributed by atoms with Crippen molar-refractivity contribution in [2.24, 2.45) is 0 Å². The molecule has 1 unspecified atom stereocenters. The molecular formula is C24H28N6OS. The summed E-state index contributed by atoms with van der Waals surface area (Å²) >= 11 is 1.58. The Morgan fingerprint density at radius 2 is 1.81 bits per heavy atom. The number of hydrogen-bond donors (Lipinski definition) is 0. The van der Waals surface area contributed by atoms with Crippen molar-refractivity contribution in [3.63, 3.8) is 0 Å². The van der Waals surface area contributed by atoms with Gasteiger partial charge in [0.1, 0.15) is 0 Å². The molecule has 0 bridgehead atoms. The highest BCUT2D eigenvalue weighted by Gasteiger charge is 2.24. The van der Waals surface area contributed by atoms with Crippen molar-refractivity contribution in [2.45, 2.75) is 63.8 Å². The molecule has 0 radical (unpaired) electrons. The third-order valence-electron chi connectivity index (χ3n) is 5.33. The van der Waals surface area contributed by atoms with Crippen molar-refractivity contribution in [3.8, 4) is 17.1 Å². The molecule has 1 atom stereocenters. The number of hydrogen-bond acceptors (Lipinski definition) is 7. The van der Waals surface area contributed by atoms with Gasteiger partial charge in [0.05, 0.1) is 10.9 Å². The summed E-state index contributed by atoms with van der Waals surface area (Å²) in [6.45, 7) is 8.52. The van der Waals surface area contributed by atoms with E-state index in [2.05, 4.69) is 75.8 Å². The van der Waals surface area contributed by atoms with Crippen molar-refractivity contribution >= 4 is 11.8 Å². The van der Waals surface area contributed by atoms with Crippen LogP contribution < -0.4 is 0 Å². The largest absolute Gasteiger partial charge is 0.338 e. The van der Waals surface area contributed by atoms with Crippen molar-refractivity contribution in [2.75, 3.05) is 0 Å². The van der Waals surface area contributed by atoms with Crippen LogP contribution in [0.1, 0.15) is 62.2 Å². The van der Waals surface area contributed by atoms with Crippen LogP contribution in [0.3, 0.4) is 0 Å². The van der Waals surface area contributed by atoms with Gasteiger partial charge in [-0.05, 0) is 49.4 Å². The molecular weight excluding hydrogens is 420 g/mol. The summed E-state index contributed by atoms with van der Waals surface area (Å²) < 4.78 is 7.69. The van der Waals surface area contributed by atoms with E-state index in [1.807, 2.05) is 18.3 Å². The van der Waals surface area contributed by atoms with Crippen LogP contribution in [0.15, 0.2) is 52.4 Å². The third-order valence-corrected chi connectivity index (χ3v) is 6.36. The molecule has 166 valence electrons. The van der Waals surface area contributed by atoms with E-state index < -0.39 is 0 Å². The molecule has 1 aromatic carbocycles. The van der Waals surface area contributed by atoms with E-state index >= 15 is 0 Å². The Bertz CT molecular complexity index is 1150. The molecule has 8 heteroatoms. The number of pyridine rings is 1. The summed E-state index contributed by atoms with van der Waals surface area (Å²) in [5.41, 5.74) is 4.59. The summed E-state index contributed by atoms with van der Waals surface area (Å²) in [5.74, 6) is 2.13. The van der Waals surface area contributed by atoms with Gasteiger partial charge in [0.25, 0.3) is 0 Å². The summed E-state index contributed by atoms with van der Waals surface area (Å²) in [4.78, 5) is 8.86. The molecule has 3 aromatic heterocycles. The predicted octanol–water partition coefficient (Wildman–Crippen LogP) is 5.64. The quantitative estimate of drug-likeness (QED) is 0.306. The van der Waals surface area contributed by atoms with E-state index in [-0.39, 0.29) is 5.25 Å². The Balaban J connectivity index is 1.81. The van der Waals surface area contributed by atoms with Gasteiger partial charge in [-0.15, -0.1) is 10.2 Å². The number of rotatable bonds is 9. The average Bonchev–Trinajstić information content (AvgIpc) is 3.46. The third kappa shape index (κ3) is 4.46. The number of aromatic nitrogens is 6. The first-order valence-corrected chi connectivity index (χ1v) is 12.0. The molecule has 32 heavy (non-hydrogen) atoms. The molecule has 0 amide bonds. The number of benzene rings is 1. The molecule has 0 aliphatic rings. The van der Waals surface area contributed by atoms with E-state index in [9.17, 15) is 0 Å². The molecule has 0 N–H and O–H groups in total. The van der Waals surface area contributed by atoms with Gasteiger partial charge in [0, 0.05) is 24.4 Å². The van der Waals surface area contributed by atoms with Gasteiger partial charge in [-0.3, -0.25) is 9.55 Å². The van der Waals surface area contributed by atoms with E-state index in [0.29, 0.717) is 5.89 Å². The maximum absolute atomic E-state index is 5.53. The van der Waals surface area contributed by atoms with Gasteiger partial charge in [-0.25, -0.2) is 0 Å². The second-order valence-corrected chi connectivity index (χ2v) is 8.88. The summed E-state index contributed by atoms with van der Waals surface area (Å²) in [6, 6.07) is 10.4. The Morgan fingerprint density at radius 3 is 2.47 bits per heavy atom. The van der Waals surface area contributed by atoms with Crippen LogP contribution in [0, 0.1) is 0 Å². The first kappa shape index (κ1) is 22.2. The molecule has 3 heterocycles. The van der Waals surface area contributed by atoms with Gasteiger partial charge < -0.3 is 4.52 Å². The molecule has 0 spiro atoms. The summed E-state index contributed by atoms with van der Waals surface area (Å²) in [7, 11) is 0. The molecule has 0 aliphatic heterocycles. The highest BCUT2D eigenvalue weighted by atomic mass is 32.2. The normalized spacial score (nSPS) is 12.2. The molecule has 0 fully saturated rings. The molecule has 4 aromatic rings. The summed E-state index contributed by atoms with van der Waals surface area (Å²) in [5, 5.41) is 14.0. The fourth-order valence-corrected chi connectivity index (χ4v) is 4.58. The average molecular weight is 449 g/mol. The minimum absolute atomic E-state index is 0.0586. The first-order valence-electron chi connectivity index (χ1n) is 11.1. The van der Waals surface area contributed by atoms with Crippen LogP contribution in [-0.2, 0) is 19.3 Å². The van der Waals surface area contributed by atoms with Gasteiger partial charge in [-0.2, -0.15) is 4.98 Å². The maximum Gasteiger partial charge on any atom is 0.239 e. The van der Waals surface area contributed by atoms with Crippen LogP contribution in [0.25, 0.3) is 17.1 Å². The van der Waals surface area contributed by atoms with Crippen LogP contribution in [0.2, 0.25) is 0 Å². The van der Waals surface area contributed by atoms with Crippen LogP contribution >= 0.6 is 11.8 Å². The monoisotopic (exact) mass is 448 g/mol. The van der Waals surface area contributed by atoms with Crippen LogP contribution in [-0.4, -0.2) is 29.9 Å². The molecule has 0 saturated heterocycles. The summed E-state index contributed by atoms with van der Waals surface area (Å²) in [6.07, 6.45) is 7.22. The van der Waals surface area contributed by atoms with Crippen molar-refractivity contribution in [1.82, 2.24) is 29.9 Å². The number of aryl methyl sites for hydroxylation is 3. The van der Waals surface area contributed by atoms with E-state index in [4.69, 9.17) is 4.52 Å². The number of nitrogens with zero attached hydrogens (tertiary/aromatic N) is 6. The van der Waals surface area contributed by atoms with Gasteiger partial charge >= 0.3 is 0 Å². The minimum atomic E-state index is -0.0586. The Hall–Kier alpha value is -3.00. The van der Waals surface area contributed by atoms with E-state index in [1.165, 1.54) is 11.1 Å². The van der Waals surface area contributed by atoms with E-state index in [0.717, 1.165) is 53.7 Å². The smallest absolute Gasteiger partial charge is 0.239 e. The Morgan fingerprint density at radius 1 is 1.03 bits per heavy atom. The number of thioether (sulfide) groups is 1. The van der Waals surface area contributed by atoms with Crippen LogP contribution in [0.4, 0.5) is 0 Å². The molecule has 7 nitrogen and oxygen atoms in total. The molecule has 0 aliphatic carbocycles. The lowest BCUT2D eigenvalue weighted by Crippen LogP contribution is -2.07. The second kappa shape index (κ2) is 10.1. The first-order chi connectivity index (χ1) is 15.7. The van der Waals surface area contributed by atoms with Crippen molar-refractivity contribution in [1.29, 1.82) is 0 Å². The van der Waals surface area contributed by atoms with Crippen molar-refractivity contribution in [3.05, 3.63) is 65.6 Å². The fourth-order valence-electron chi connectivity index (χ4n) is 3.70. The Kier molecular flexibility index (Phi) is 6.99. The molecule has 4 rings (SSSR count). The zero-order chi connectivity index (χ0) is 22.5. The zero-order valence-corrected chi connectivity index (χ0v) is 19.8. The van der Waals surface area contributed by atoms with Crippen molar-refractivity contribution < 1.29 is 4.52 Å². The lowest BCUT2D eigenvalue weighted by molar-refractivity contribution is 0.374. The minimum Gasteiger partial charge on any atom is -0.338 e. The SMILES string of the molecule is CCCc1noc(C(C)Sc2nnc(-c3cccnc3)n2-c2c(CC)cccc2CC)n1. The maximum atomic E-state index is 5.53. The highest BCUT2D eigenvalue weighted by Crippen LogP contribution is 2.38. The standard InChI is InChI=1S/C24H28N6OS/c1-5-10-20-26-23(31-29-20)16(4)32-24-28-27-22(19-13-9-14-25-15-19)30(24)21-17(6-2)11-8-12-18(21)7-3/h8-9,11-16H,5-7,10H2,1-4H3. The van der Waals surface area contributed by atoms with E-state index in [1.54, 1.807) is 18.0 Å². The van der Waals surface area contributed by atoms with Gasteiger partial charge in [-0.1, -0.05) is 55.9 Å². The lowest BCUT2D eigenvalue weighted by atomic mass is 10.0. The number of para-hydroxylation sites is 1. The topological polar surface area (TPSA) is 82.5 Å². The molecule has 0 saturated carbocycles. The van der Waals surface area contributed by atoms with Gasteiger partial charge in [0.15, 0.2) is 16.8 Å². The Labute approximate surface area is 192 Å². The predicted molar refractivity (Wildman–Crippen MR) is 126 cm³/mol. The van der Waals surface area contributed by atoms with Crippen LogP contribution in [0.5, 0.6) is 0 Å². The lowest BCUT2D eigenvalue weighted by Gasteiger charge is -2.18. The second-order valence-electron chi connectivity index (χ2n) is 7.57.